The van der Waals surface area contributed by atoms with Crippen molar-refractivity contribution < 1.29 is 0 Å². The van der Waals surface area contributed by atoms with Gasteiger partial charge in [-0.05, 0) is 60.4 Å². The van der Waals surface area contributed by atoms with Crippen molar-refractivity contribution in [3.05, 3.63) is 93.0 Å². The third-order valence-corrected chi connectivity index (χ3v) is 4.94. The Bertz CT molecular complexity index is 893. The summed E-state index contributed by atoms with van der Waals surface area (Å²) in [5, 5.41) is 1.45. The van der Waals surface area contributed by atoms with Crippen molar-refractivity contribution in [1.29, 1.82) is 0 Å². The number of hydrogen-bond donors (Lipinski definition) is 0. The molecule has 0 aliphatic heterocycles. The maximum atomic E-state index is 6.13. The first-order valence-corrected chi connectivity index (χ1v) is 8.98. The van der Waals surface area contributed by atoms with Crippen LogP contribution in [-0.4, -0.2) is 12.4 Å². The molecule has 130 valence electrons. The first-order valence-electron chi connectivity index (χ1n) is 8.23. The van der Waals surface area contributed by atoms with E-state index in [9.17, 15) is 0 Å². The molecule has 26 heavy (non-hydrogen) atoms. The lowest BCUT2D eigenvalue weighted by molar-refractivity contribution is 1.40. The van der Waals surface area contributed by atoms with Crippen LogP contribution in [0.1, 0.15) is 22.3 Å². The van der Waals surface area contributed by atoms with E-state index in [0.717, 1.165) is 43.7 Å². The molecule has 0 fully saturated rings. The van der Waals surface area contributed by atoms with Crippen LogP contribution < -0.4 is 0 Å². The van der Waals surface area contributed by atoms with Gasteiger partial charge in [0.15, 0.2) is 0 Å². The monoisotopic (exact) mass is 380 g/mol. The van der Waals surface area contributed by atoms with Crippen LogP contribution in [0.3, 0.4) is 0 Å². The van der Waals surface area contributed by atoms with Crippen LogP contribution in [0.2, 0.25) is 10.0 Å². The zero-order valence-electron chi connectivity index (χ0n) is 14.6. The normalized spacial score (nSPS) is 11.5. The van der Waals surface area contributed by atoms with Crippen molar-refractivity contribution in [1.82, 2.24) is 0 Å². The molecule has 0 radical (unpaired) electrons. The predicted molar refractivity (Wildman–Crippen MR) is 113 cm³/mol. The second-order valence-corrected chi connectivity index (χ2v) is 6.77. The zero-order chi connectivity index (χ0) is 18.5. The number of rotatable bonds is 4. The molecular weight excluding hydrogens is 363 g/mol. The average molecular weight is 381 g/mol. The Balaban J connectivity index is 1.74. The lowest BCUT2D eigenvalue weighted by atomic mass is 10.1. The molecule has 3 aromatic carbocycles. The van der Waals surface area contributed by atoms with Crippen LogP contribution in [0.4, 0.5) is 11.4 Å². The summed E-state index contributed by atoms with van der Waals surface area (Å²) in [6.07, 6.45) is 3.67. The first-order chi connectivity index (χ1) is 12.5. The summed E-state index contributed by atoms with van der Waals surface area (Å²) < 4.78 is 0. The molecule has 0 heterocycles. The van der Waals surface area contributed by atoms with Gasteiger partial charge in [0, 0.05) is 22.5 Å². The molecule has 0 bridgehead atoms. The maximum Gasteiger partial charge on any atom is 0.0673 e. The summed E-state index contributed by atoms with van der Waals surface area (Å²) in [4.78, 5) is 9.05. The topological polar surface area (TPSA) is 24.7 Å². The van der Waals surface area contributed by atoms with Crippen molar-refractivity contribution >= 4 is 47.0 Å². The number of benzene rings is 3. The van der Waals surface area contributed by atoms with E-state index in [2.05, 4.69) is 9.98 Å². The Morgan fingerprint density at radius 2 is 1.00 bits per heavy atom. The molecule has 3 rings (SSSR count). The Hall–Kier alpha value is -2.42. The summed E-state index contributed by atoms with van der Waals surface area (Å²) in [7, 11) is 0. The van der Waals surface area contributed by atoms with Gasteiger partial charge in [0.2, 0.25) is 0 Å². The van der Waals surface area contributed by atoms with E-state index in [-0.39, 0.29) is 0 Å². The van der Waals surface area contributed by atoms with E-state index in [1.807, 2.05) is 86.9 Å². The number of nitrogens with zero attached hydrogens (tertiary/aromatic N) is 2. The Labute approximate surface area is 163 Å². The Morgan fingerprint density at radius 1 is 0.615 bits per heavy atom. The van der Waals surface area contributed by atoms with Crippen LogP contribution in [0.5, 0.6) is 0 Å². The molecule has 0 aliphatic rings. The molecule has 0 amide bonds. The molecule has 0 spiro atoms. The van der Waals surface area contributed by atoms with Crippen LogP contribution in [0.15, 0.2) is 70.6 Å². The van der Waals surface area contributed by atoms with Crippen LogP contribution in [0, 0.1) is 13.8 Å². The molecule has 0 atom stereocenters. The summed E-state index contributed by atoms with van der Waals surface area (Å²) in [6, 6.07) is 19.5. The SMILES string of the molecule is Cc1c(Cl)cccc1N=Cc1ccc(C=Nc2cccc(Cl)c2C)cc1. The quantitative estimate of drug-likeness (QED) is 0.430. The van der Waals surface area contributed by atoms with Crippen LogP contribution >= 0.6 is 23.2 Å². The van der Waals surface area contributed by atoms with Crippen molar-refractivity contribution in [2.24, 2.45) is 9.98 Å². The van der Waals surface area contributed by atoms with Crippen molar-refractivity contribution in [2.75, 3.05) is 0 Å². The molecule has 0 saturated heterocycles. The van der Waals surface area contributed by atoms with E-state index in [1.54, 1.807) is 0 Å². The fourth-order valence-electron chi connectivity index (χ4n) is 2.43. The highest BCUT2D eigenvalue weighted by Gasteiger charge is 2.00. The summed E-state index contributed by atoms with van der Waals surface area (Å²) in [5.41, 5.74) is 5.73. The van der Waals surface area contributed by atoms with E-state index >= 15 is 0 Å². The highest BCUT2D eigenvalue weighted by atomic mass is 35.5. The van der Waals surface area contributed by atoms with Crippen LogP contribution in [0.25, 0.3) is 0 Å². The second kappa shape index (κ2) is 8.31. The molecule has 2 nitrogen and oxygen atoms in total. The van der Waals surface area contributed by atoms with Gasteiger partial charge < -0.3 is 0 Å². The second-order valence-electron chi connectivity index (χ2n) is 5.95. The standard InChI is InChI=1S/C22H18Cl2N2/c1-15-19(23)5-3-7-21(15)25-13-17-9-11-18(12-10-17)14-26-22-8-4-6-20(24)16(22)2/h3-14H,1-2H3. The minimum atomic E-state index is 0.725. The molecule has 4 heteroatoms. The van der Waals surface area contributed by atoms with E-state index < -0.39 is 0 Å². The number of hydrogen-bond acceptors (Lipinski definition) is 2. The van der Waals surface area contributed by atoms with Gasteiger partial charge >= 0.3 is 0 Å². The van der Waals surface area contributed by atoms with Gasteiger partial charge in [-0.15, -0.1) is 0 Å². The third kappa shape index (κ3) is 4.40. The van der Waals surface area contributed by atoms with Crippen molar-refractivity contribution in [2.45, 2.75) is 13.8 Å². The number of aliphatic imine (C=N–C) groups is 2. The first kappa shape index (κ1) is 18.4. The molecule has 0 aliphatic carbocycles. The van der Waals surface area contributed by atoms with Crippen molar-refractivity contribution in [3.63, 3.8) is 0 Å². The molecular formula is C22H18Cl2N2. The van der Waals surface area contributed by atoms with E-state index in [0.29, 0.717) is 0 Å². The zero-order valence-corrected chi connectivity index (χ0v) is 16.1. The fourth-order valence-corrected chi connectivity index (χ4v) is 2.77. The minimum Gasteiger partial charge on any atom is -0.256 e. The lowest BCUT2D eigenvalue weighted by Gasteiger charge is -2.02. The molecule has 0 aromatic heterocycles. The molecule has 0 unspecified atom stereocenters. The lowest BCUT2D eigenvalue weighted by Crippen LogP contribution is -1.85. The minimum absolute atomic E-state index is 0.725. The summed E-state index contributed by atoms with van der Waals surface area (Å²) in [6.45, 7) is 3.93. The van der Waals surface area contributed by atoms with Gasteiger partial charge in [0.05, 0.1) is 11.4 Å². The molecule has 0 N–H and O–H groups in total. The Kier molecular flexibility index (Phi) is 5.87. The van der Waals surface area contributed by atoms with Gasteiger partial charge in [0.25, 0.3) is 0 Å². The fraction of sp³-hybridized carbons (Fsp3) is 0.0909. The van der Waals surface area contributed by atoms with Crippen molar-refractivity contribution in [3.8, 4) is 0 Å². The van der Waals surface area contributed by atoms with Gasteiger partial charge in [-0.3, -0.25) is 9.98 Å². The largest absolute Gasteiger partial charge is 0.256 e. The predicted octanol–water partition coefficient (Wildman–Crippen LogP) is 7.11. The highest BCUT2D eigenvalue weighted by molar-refractivity contribution is 6.32. The smallest absolute Gasteiger partial charge is 0.0673 e. The highest BCUT2D eigenvalue weighted by Crippen LogP contribution is 2.26. The van der Waals surface area contributed by atoms with Gasteiger partial charge in [-0.2, -0.15) is 0 Å². The molecule has 3 aromatic rings. The van der Waals surface area contributed by atoms with Gasteiger partial charge in [-0.1, -0.05) is 59.6 Å². The van der Waals surface area contributed by atoms with E-state index in [4.69, 9.17) is 23.2 Å². The summed E-state index contributed by atoms with van der Waals surface area (Å²) in [5.74, 6) is 0. The van der Waals surface area contributed by atoms with Gasteiger partial charge in [-0.25, -0.2) is 0 Å². The maximum absolute atomic E-state index is 6.13. The average Bonchev–Trinajstić information content (AvgIpc) is 2.65. The molecule has 0 saturated carbocycles. The van der Waals surface area contributed by atoms with Gasteiger partial charge in [0.1, 0.15) is 0 Å². The summed E-state index contributed by atoms with van der Waals surface area (Å²) >= 11 is 12.3. The Morgan fingerprint density at radius 3 is 1.38 bits per heavy atom. The van der Waals surface area contributed by atoms with Crippen LogP contribution in [-0.2, 0) is 0 Å². The third-order valence-electron chi connectivity index (χ3n) is 4.12. The van der Waals surface area contributed by atoms with E-state index in [1.165, 1.54) is 0 Å². The number of halogens is 2.